The molecule has 1 fully saturated rings. The Morgan fingerprint density at radius 1 is 1.19 bits per heavy atom. The van der Waals surface area contributed by atoms with Crippen molar-refractivity contribution in [3.8, 4) is 17.1 Å². The molecule has 0 unspecified atom stereocenters. The number of rotatable bonds is 5. The van der Waals surface area contributed by atoms with Gasteiger partial charge in [0, 0.05) is 25.1 Å². The molecule has 1 aliphatic rings. The fourth-order valence-electron chi connectivity index (χ4n) is 3.11. The minimum atomic E-state index is -0.0469. The first-order chi connectivity index (χ1) is 12.8. The molecule has 3 aromatic rings. The van der Waals surface area contributed by atoms with Crippen molar-refractivity contribution in [3.63, 3.8) is 0 Å². The van der Waals surface area contributed by atoms with Gasteiger partial charge in [0.15, 0.2) is 6.61 Å². The summed E-state index contributed by atoms with van der Waals surface area (Å²) >= 11 is 0. The van der Waals surface area contributed by atoms with Crippen LogP contribution < -0.4 is 4.74 Å². The third kappa shape index (κ3) is 3.12. The number of nitrogens with zero attached hydrogens (tertiary/aromatic N) is 4. The van der Waals surface area contributed by atoms with Crippen molar-refractivity contribution < 1.29 is 14.1 Å². The lowest BCUT2D eigenvalue weighted by Gasteiger charge is -2.15. The summed E-state index contributed by atoms with van der Waals surface area (Å²) in [5, 5.41) is 4.75. The first-order valence-electron chi connectivity index (χ1n) is 8.88. The second-order valence-electron chi connectivity index (χ2n) is 6.25. The second-order valence-corrected chi connectivity index (χ2v) is 6.25. The Hall–Kier alpha value is -2.96. The summed E-state index contributed by atoms with van der Waals surface area (Å²) in [5.74, 6) is 0.918. The van der Waals surface area contributed by atoms with Crippen molar-refractivity contribution in [1.29, 1.82) is 0 Å². The highest BCUT2D eigenvalue weighted by Gasteiger charge is 2.22. The Bertz CT molecular complexity index is 917. The molecule has 4 rings (SSSR count). The maximum Gasteiger partial charge on any atom is 0.265 e. The lowest BCUT2D eigenvalue weighted by atomic mass is 10.1. The molecule has 3 heterocycles. The first-order valence-corrected chi connectivity index (χ1v) is 8.88. The van der Waals surface area contributed by atoms with Gasteiger partial charge in [-0.1, -0.05) is 42.4 Å². The zero-order chi connectivity index (χ0) is 17.9. The van der Waals surface area contributed by atoms with E-state index in [-0.39, 0.29) is 12.5 Å². The number of carbonyl (C=O) groups excluding carboxylic acids is 1. The molecule has 0 aliphatic carbocycles. The van der Waals surface area contributed by atoms with Gasteiger partial charge in [0.05, 0.1) is 0 Å². The molecule has 1 saturated heterocycles. The molecule has 2 aromatic heterocycles. The van der Waals surface area contributed by atoms with E-state index in [0.717, 1.165) is 31.5 Å². The van der Waals surface area contributed by atoms with Crippen LogP contribution in [-0.4, -0.2) is 45.6 Å². The van der Waals surface area contributed by atoms with Crippen LogP contribution in [0.1, 0.15) is 25.6 Å². The summed E-state index contributed by atoms with van der Waals surface area (Å²) in [6, 6.07) is 9.65. The number of likely N-dealkylation sites (tertiary alicyclic amines) is 1. The van der Waals surface area contributed by atoms with Crippen molar-refractivity contribution in [2.45, 2.75) is 26.2 Å². The average Bonchev–Trinajstić information content (AvgIpc) is 3.36. The standard InChI is InChI=1S/C19H20N4O3/c1-2-14-20-18(25-12-15(24)23-10-6-7-11-23)16-17(22-26-19(16)21-14)13-8-4-3-5-9-13/h3-5,8-9H,2,6-7,10-12H2,1H3. The molecule has 0 bridgehead atoms. The van der Waals surface area contributed by atoms with Crippen LogP contribution >= 0.6 is 0 Å². The fourth-order valence-corrected chi connectivity index (χ4v) is 3.11. The smallest absolute Gasteiger partial charge is 0.265 e. The fraction of sp³-hybridized carbons (Fsp3) is 0.368. The van der Waals surface area contributed by atoms with Gasteiger partial charge >= 0.3 is 0 Å². The predicted molar refractivity (Wildman–Crippen MR) is 95.7 cm³/mol. The molecule has 0 atom stereocenters. The van der Waals surface area contributed by atoms with Gasteiger partial charge in [-0.3, -0.25) is 4.79 Å². The largest absolute Gasteiger partial charge is 0.467 e. The second kappa shape index (κ2) is 7.11. The molecular weight excluding hydrogens is 332 g/mol. The van der Waals surface area contributed by atoms with E-state index in [1.54, 1.807) is 0 Å². The third-order valence-corrected chi connectivity index (χ3v) is 4.50. The minimum Gasteiger partial charge on any atom is -0.467 e. The molecule has 0 radical (unpaired) electrons. The van der Waals surface area contributed by atoms with E-state index in [2.05, 4.69) is 15.1 Å². The summed E-state index contributed by atoms with van der Waals surface area (Å²) in [6.07, 6.45) is 2.73. The molecule has 0 N–H and O–H groups in total. The zero-order valence-electron chi connectivity index (χ0n) is 14.6. The normalized spacial score (nSPS) is 14.1. The van der Waals surface area contributed by atoms with Gasteiger partial charge in [-0.2, -0.15) is 9.97 Å². The number of benzene rings is 1. The number of carbonyl (C=O) groups is 1. The van der Waals surface area contributed by atoms with E-state index in [0.29, 0.717) is 34.9 Å². The van der Waals surface area contributed by atoms with E-state index >= 15 is 0 Å². The lowest BCUT2D eigenvalue weighted by Crippen LogP contribution is -2.32. The van der Waals surface area contributed by atoms with E-state index < -0.39 is 0 Å². The Balaban J connectivity index is 1.69. The van der Waals surface area contributed by atoms with Gasteiger partial charge in [-0.15, -0.1) is 0 Å². The number of hydrogen-bond acceptors (Lipinski definition) is 6. The van der Waals surface area contributed by atoms with E-state index in [1.807, 2.05) is 42.2 Å². The van der Waals surface area contributed by atoms with E-state index in [4.69, 9.17) is 9.26 Å². The van der Waals surface area contributed by atoms with Gasteiger partial charge in [0.1, 0.15) is 16.9 Å². The van der Waals surface area contributed by atoms with Crippen LogP contribution in [0, 0.1) is 0 Å². The first kappa shape index (κ1) is 16.5. The van der Waals surface area contributed by atoms with Crippen LogP contribution in [0.3, 0.4) is 0 Å². The maximum atomic E-state index is 12.3. The van der Waals surface area contributed by atoms with Crippen LogP contribution in [0.4, 0.5) is 0 Å². The Labute approximate surface area is 151 Å². The van der Waals surface area contributed by atoms with Crippen molar-refractivity contribution in [3.05, 3.63) is 36.2 Å². The van der Waals surface area contributed by atoms with E-state index in [1.165, 1.54) is 0 Å². The van der Waals surface area contributed by atoms with Gasteiger partial charge in [0.2, 0.25) is 5.88 Å². The molecule has 134 valence electrons. The topological polar surface area (TPSA) is 81.4 Å². The highest BCUT2D eigenvalue weighted by Crippen LogP contribution is 2.33. The number of aryl methyl sites for hydroxylation is 1. The molecule has 0 spiro atoms. The highest BCUT2D eigenvalue weighted by molar-refractivity contribution is 5.93. The Kier molecular flexibility index (Phi) is 4.51. The maximum absolute atomic E-state index is 12.3. The van der Waals surface area contributed by atoms with E-state index in [9.17, 15) is 4.79 Å². The quantitative estimate of drug-likeness (QED) is 0.702. The van der Waals surface area contributed by atoms with Crippen LogP contribution in [0.15, 0.2) is 34.9 Å². The summed E-state index contributed by atoms with van der Waals surface area (Å²) in [6.45, 7) is 3.50. The van der Waals surface area contributed by atoms with Crippen LogP contribution in [0.25, 0.3) is 22.4 Å². The number of aromatic nitrogens is 3. The van der Waals surface area contributed by atoms with Crippen molar-refractivity contribution in [1.82, 2.24) is 20.0 Å². The van der Waals surface area contributed by atoms with Crippen molar-refractivity contribution in [2.24, 2.45) is 0 Å². The van der Waals surface area contributed by atoms with Gasteiger partial charge in [-0.05, 0) is 12.8 Å². The van der Waals surface area contributed by atoms with Gasteiger partial charge < -0.3 is 14.2 Å². The zero-order valence-corrected chi connectivity index (χ0v) is 14.6. The third-order valence-electron chi connectivity index (χ3n) is 4.50. The summed E-state index contributed by atoms with van der Waals surface area (Å²) in [4.78, 5) is 23.0. The highest BCUT2D eigenvalue weighted by atomic mass is 16.5. The summed E-state index contributed by atoms with van der Waals surface area (Å²) in [7, 11) is 0. The van der Waals surface area contributed by atoms with Crippen LogP contribution in [-0.2, 0) is 11.2 Å². The number of hydrogen-bond donors (Lipinski definition) is 0. The summed E-state index contributed by atoms with van der Waals surface area (Å²) in [5.41, 5.74) is 1.88. The van der Waals surface area contributed by atoms with Crippen LogP contribution in [0.2, 0.25) is 0 Å². The number of amides is 1. The summed E-state index contributed by atoms with van der Waals surface area (Å²) < 4.78 is 11.2. The molecule has 1 aromatic carbocycles. The Morgan fingerprint density at radius 2 is 1.96 bits per heavy atom. The van der Waals surface area contributed by atoms with Gasteiger partial charge in [-0.25, -0.2) is 0 Å². The number of ether oxygens (including phenoxy) is 1. The predicted octanol–water partition coefficient (Wildman–Crippen LogP) is 2.85. The van der Waals surface area contributed by atoms with Gasteiger partial charge in [0.25, 0.3) is 11.6 Å². The number of fused-ring (bicyclic) bond motifs is 1. The van der Waals surface area contributed by atoms with Crippen LogP contribution in [0.5, 0.6) is 5.88 Å². The van der Waals surface area contributed by atoms with Crippen molar-refractivity contribution >= 4 is 17.0 Å². The molecule has 7 nitrogen and oxygen atoms in total. The lowest BCUT2D eigenvalue weighted by molar-refractivity contribution is -0.132. The van der Waals surface area contributed by atoms with Crippen molar-refractivity contribution in [2.75, 3.05) is 19.7 Å². The average molecular weight is 352 g/mol. The SMILES string of the molecule is CCc1nc(OCC(=O)N2CCCC2)c2c(-c3ccccc3)noc2n1. The Morgan fingerprint density at radius 3 is 2.69 bits per heavy atom. The minimum absolute atomic E-state index is 0.0231. The molecule has 1 amide bonds. The molecule has 0 saturated carbocycles. The monoisotopic (exact) mass is 352 g/mol. The molecule has 26 heavy (non-hydrogen) atoms. The molecule has 7 heteroatoms. The molecule has 1 aliphatic heterocycles. The molecular formula is C19H20N4O3.